The highest BCUT2D eigenvalue weighted by molar-refractivity contribution is 4.96. The molecule has 0 unspecified atom stereocenters. The van der Waals surface area contributed by atoms with E-state index in [0.717, 1.165) is 12.8 Å². The minimum atomic E-state index is -1.05. The lowest BCUT2D eigenvalue weighted by atomic mass is 9.90. The average Bonchev–Trinajstić information content (AvgIpc) is 2.65. The fraction of sp³-hybridized carbons (Fsp3) is 0.882. The number of hydrogen-bond acceptors (Lipinski definition) is 5. The lowest BCUT2D eigenvalue weighted by Gasteiger charge is -2.32. The van der Waals surface area contributed by atoms with Crippen molar-refractivity contribution in [3.63, 3.8) is 0 Å². The molecule has 5 heteroatoms. The molecule has 2 fully saturated rings. The SMILES string of the molecule is C=CCC[C@H]1O[C@H]2CC[C@@](C)(O)[C@H](CO)O[C@@H]2CC[C@]1(C)O. The molecule has 0 spiro atoms. The average molecular weight is 314 g/mol. The summed E-state index contributed by atoms with van der Waals surface area (Å²) >= 11 is 0. The molecular weight excluding hydrogens is 284 g/mol. The second-order valence-electron chi connectivity index (χ2n) is 7.17. The van der Waals surface area contributed by atoms with Gasteiger partial charge in [0.15, 0.2) is 0 Å². The molecule has 0 aromatic heterocycles. The van der Waals surface area contributed by atoms with Crippen molar-refractivity contribution in [2.45, 2.75) is 88.0 Å². The van der Waals surface area contributed by atoms with E-state index in [1.54, 1.807) is 6.92 Å². The third-order valence-corrected chi connectivity index (χ3v) is 5.15. The van der Waals surface area contributed by atoms with Crippen molar-refractivity contribution in [2.24, 2.45) is 0 Å². The zero-order valence-electron chi connectivity index (χ0n) is 13.7. The van der Waals surface area contributed by atoms with Crippen LogP contribution in [0.2, 0.25) is 0 Å². The minimum absolute atomic E-state index is 0.160. The molecular formula is C17H30O5. The van der Waals surface area contributed by atoms with E-state index in [-0.39, 0.29) is 24.9 Å². The fourth-order valence-corrected chi connectivity index (χ4v) is 3.48. The van der Waals surface area contributed by atoms with Crippen LogP contribution in [0.1, 0.15) is 52.4 Å². The molecule has 2 saturated heterocycles. The number of aliphatic hydroxyl groups is 3. The van der Waals surface area contributed by atoms with Crippen LogP contribution in [0, 0.1) is 0 Å². The molecule has 5 nitrogen and oxygen atoms in total. The summed E-state index contributed by atoms with van der Waals surface area (Å²) in [6.07, 6.45) is 4.52. The van der Waals surface area contributed by atoms with Crippen LogP contribution >= 0.6 is 0 Å². The van der Waals surface area contributed by atoms with Gasteiger partial charge in [-0.15, -0.1) is 6.58 Å². The van der Waals surface area contributed by atoms with E-state index in [9.17, 15) is 15.3 Å². The molecule has 3 N–H and O–H groups in total. The Balaban J connectivity index is 2.15. The first-order valence-electron chi connectivity index (χ1n) is 8.27. The molecule has 0 aliphatic carbocycles. The largest absolute Gasteiger partial charge is 0.394 e. The number of aliphatic hydroxyl groups excluding tert-OH is 1. The molecule has 6 atom stereocenters. The van der Waals surface area contributed by atoms with Crippen LogP contribution in [0.3, 0.4) is 0 Å². The predicted molar refractivity (Wildman–Crippen MR) is 83.6 cm³/mol. The van der Waals surface area contributed by atoms with Gasteiger partial charge in [-0.1, -0.05) is 6.08 Å². The van der Waals surface area contributed by atoms with Crippen molar-refractivity contribution >= 4 is 0 Å². The lowest BCUT2D eigenvalue weighted by molar-refractivity contribution is -0.162. The van der Waals surface area contributed by atoms with Gasteiger partial charge in [-0.05, 0) is 52.4 Å². The second kappa shape index (κ2) is 6.97. The molecule has 2 aliphatic rings. The van der Waals surface area contributed by atoms with E-state index in [1.807, 2.05) is 13.0 Å². The van der Waals surface area contributed by atoms with Crippen molar-refractivity contribution < 1.29 is 24.8 Å². The number of ether oxygens (including phenoxy) is 2. The minimum Gasteiger partial charge on any atom is -0.394 e. The Hall–Kier alpha value is -0.460. The summed E-state index contributed by atoms with van der Waals surface area (Å²) in [7, 11) is 0. The molecule has 2 heterocycles. The van der Waals surface area contributed by atoms with E-state index in [4.69, 9.17) is 9.47 Å². The van der Waals surface area contributed by atoms with E-state index in [0.29, 0.717) is 25.7 Å². The normalized spacial score (nSPS) is 46.4. The Bertz CT molecular complexity index is 379. The van der Waals surface area contributed by atoms with Crippen LogP contribution in [-0.2, 0) is 9.47 Å². The van der Waals surface area contributed by atoms with E-state index >= 15 is 0 Å². The van der Waals surface area contributed by atoms with Crippen molar-refractivity contribution in [3.05, 3.63) is 12.7 Å². The first-order chi connectivity index (χ1) is 10.3. The van der Waals surface area contributed by atoms with Gasteiger partial charge in [-0.3, -0.25) is 0 Å². The Morgan fingerprint density at radius 2 is 1.55 bits per heavy atom. The highest BCUT2D eigenvalue weighted by Gasteiger charge is 2.46. The molecule has 0 aromatic carbocycles. The van der Waals surface area contributed by atoms with Crippen molar-refractivity contribution in [1.29, 1.82) is 0 Å². The zero-order valence-corrected chi connectivity index (χ0v) is 13.7. The summed E-state index contributed by atoms with van der Waals surface area (Å²) in [4.78, 5) is 0. The van der Waals surface area contributed by atoms with Gasteiger partial charge in [-0.25, -0.2) is 0 Å². The molecule has 128 valence electrons. The summed E-state index contributed by atoms with van der Waals surface area (Å²) in [5.74, 6) is 0. The van der Waals surface area contributed by atoms with Crippen molar-refractivity contribution in [3.8, 4) is 0 Å². The molecule has 22 heavy (non-hydrogen) atoms. The first kappa shape index (κ1) is 17.9. The third kappa shape index (κ3) is 3.89. The smallest absolute Gasteiger partial charge is 0.109 e. The number of fused-ring (bicyclic) bond motifs is 1. The van der Waals surface area contributed by atoms with Gasteiger partial charge in [0.05, 0.1) is 36.1 Å². The second-order valence-corrected chi connectivity index (χ2v) is 7.17. The summed E-state index contributed by atoms with van der Waals surface area (Å²) in [6.45, 7) is 7.02. The maximum Gasteiger partial charge on any atom is 0.109 e. The summed E-state index contributed by atoms with van der Waals surface area (Å²) in [6, 6.07) is 0. The van der Waals surface area contributed by atoms with Crippen LogP contribution in [0.5, 0.6) is 0 Å². The maximum absolute atomic E-state index is 10.7. The summed E-state index contributed by atoms with van der Waals surface area (Å²) in [5, 5.41) is 30.6. The maximum atomic E-state index is 10.7. The van der Waals surface area contributed by atoms with Gasteiger partial charge in [0, 0.05) is 0 Å². The number of hydrogen-bond donors (Lipinski definition) is 3. The van der Waals surface area contributed by atoms with Crippen LogP contribution in [-0.4, -0.2) is 57.5 Å². The Labute approximate surface area is 132 Å². The summed E-state index contributed by atoms with van der Waals surface area (Å²) < 4.78 is 12.1. The van der Waals surface area contributed by atoms with Gasteiger partial charge < -0.3 is 24.8 Å². The molecule has 0 bridgehead atoms. The van der Waals surface area contributed by atoms with Crippen molar-refractivity contribution in [2.75, 3.05) is 6.61 Å². The standard InChI is InChI=1S/C17H30O5/c1-4-5-6-14-16(2,19)9-7-13-12(21-14)8-10-17(3,20)15(11-18)22-13/h4,12-15,18-20H,1,5-11H2,2-3H3/t12-,13+,14+,15-,16-,17+/m0/s1. The Morgan fingerprint density at radius 1 is 1.05 bits per heavy atom. The fourth-order valence-electron chi connectivity index (χ4n) is 3.48. The van der Waals surface area contributed by atoms with Gasteiger partial charge in [0.2, 0.25) is 0 Å². The topological polar surface area (TPSA) is 79.2 Å². The van der Waals surface area contributed by atoms with E-state index < -0.39 is 17.3 Å². The predicted octanol–water partition coefficient (Wildman–Crippen LogP) is 1.54. The Morgan fingerprint density at radius 3 is 2.05 bits per heavy atom. The monoisotopic (exact) mass is 314 g/mol. The highest BCUT2D eigenvalue weighted by atomic mass is 16.6. The molecule has 0 aromatic rings. The lowest BCUT2D eigenvalue weighted by Crippen LogP contribution is -2.44. The van der Waals surface area contributed by atoms with Gasteiger partial charge in [0.25, 0.3) is 0 Å². The van der Waals surface area contributed by atoms with Crippen LogP contribution < -0.4 is 0 Å². The number of rotatable bonds is 4. The highest BCUT2D eigenvalue weighted by Crippen LogP contribution is 2.37. The molecule has 2 aliphatic heterocycles. The van der Waals surface area contributed by atoms with Gasteiger partial charge in [-0.2, -0.15) is 0 Å². The van der Waals surface area contributed by atoms with Crippen LogP contribution in [0.15, 0.2) is 12.7 Å². The number of allylic oxidation sites excluding steroid dienone is 1. The van der Waals surface area contributed by atoms with Crippen LogP contribution in [0.4, 0.5) is 0 Å². The van der Waals surface area contributed by atoms with Crippen molar-refractivity contribution in [1.82, 2.24) is 0 Å². The quantitative estimate of drug-likeness (QED) is 0.686. The first-order valence-corrected chi connectivity index (χ1v) is 8.27. The van der Waals surface area contributed by atoms with E-state index in [1.165, 1.54) is 0 Å². The zero-order chi connectivity index (χ0) is 16.4. The Kier molecular flexibility index (Phi) is 5.67. The van der Waals surface area contributed by atoms with E-state index in [2.05, 4.69) is 6.58 Å². The molecule has 0 radical (unpaired) electrons. The molecule has 0 amide bonds. The summed E-state index contributed by atoms with van der Waals surface area (Å²) in [5.41, 5.74) is -1.95. The molecule has 0 saturated carbocycles. The van der Waals surface area contributed by atoms with Gasteiger partial charge >= 0.3 is 0 Å². The van der Waals surface area contributed by atoms with Gasteiger partial charge in [0.1, 0.15) is 6.10 Å². The molecule has 2 rings (SSSR count). The van der Waals surface area contributed by atoms with Crippen LogP contribution in [0.25, 0.3) is 0 Å². The third-order valence-electron chi connectivity index (χ3n) is 5.15.